The first-order chi connectivity index (χ1) is 17.7. The van der Waals surface area contributed by atoms with Crippen LogP contribution in [-0.4, -0.2) is 43.5 Å². The Morgan fingerprint density at radius 2 is 2.00 bits per heavy atom. The third-order valence-electron chi connectivity index (χ3n) is 7.82. The van der Waals surface area contributed by atoms with Crippen molar-refractivity contribution in [2.45, 2.75) is 63.8 Å². The van der Waals surface area contributed by atoms with Crippen molar-refractivity contribution >= 4 is 24.9 Å². The quantitative estimate of drug-likeness (QED) is 0.273. The van der Waals surface area contributed by atoms with Gasteiger partial charge in [0.2, 0.25) is 0 Å². The third kappa shape index (κ3) is 3.74. The molecule has 0 unspecified atom stereocenters. The van der Waals surface area contributed by atoms with E-state index in [-0.39, 0.29) is 18.6 Å². The van der Waals surface area contributed by atoms with Crippen LogP contribution in [0.1, 0.15) is 35.6 Å². The first kappa shape index (κ1) is 23.7. The third-order valence-corrected chi connectivity index (χ3v) is 10.6. The van der Waals surface area contributed by atoms with E-state index < -0.39 is 19.6 Å². The number of nitrogens with zero attached hydrogens (tertiary/aromatic N) is 5. The van der Waals surface area contributed by atoms with E-state index in [9.17, 15) is 14.7 Å². The second kappa shape index (κ2) is 8.46. The molecule has 5 heterocycles. The van der Waals surface area contributed by atoms with Crippen molar-refractivity contribution < 1.29 is 14.6 Å². The summed E-state index contributed by atoms with van der Waals surface area (Å²) in [4.78, 5) is 35.2. The molecule has 6 rings (SSSR count). The highest BCUT2D eigenvalue weighted by molar-refractivity contribution is 6.76. The normalized spacial score (nSPS) is 18.4. The zero-order valence-corrected chi connectivity index (χ0v) is 22.2. The summed E-state index contributed by atoms with van der Waals surface area (Å²) in [7, 11) is -1.67. The minimum atomic E-state index is -1.83. The van der Waals surface area contributed by atoms with Gasteiger partial charge in [-0.2, -0.15) is 5.10 Å². The Hall–Kier alpha value is -3.63. The first-order valence-electron chi connectivity index (χ1n) is 12.6. The smallest absolute Gasteiger partial charge is 0.343 e. The van der Waals surface area contributed by atoms with Crippen molar-refractivity contribution in [2.24, 2.45) is 0 Å². The molecular formula is C27H29N5O4Si. The van der Waals surface area contributed by atoms with Gasteiger partial charge in [-0.1, -0.05) is 44.3 Å². The molecule has 0 spiro atoms. The van der Waals surface area contributed by atoms with Crippen molar-refractivity contribution in [1.82, 2.24) is 24.3 Å². The van der Waals surface area contributed by atoms with Gasteiger partial charge in [-0.15, -0.1) is 0 Å². The minimum absolute atomic E-state index is 0.121. The van der Waals surface area contributed by atoms with Crippen molar-refractivity contribution in [3.05, 3.63) is 75.6 Å². The van der Waals surface area contributed by atoms with Crippen molar-refractivity contribution in [3.63, 3.8) is 0 Å². The Labute approximate surface area is 214 Å². The van der Waals surface area contributed by atoms with Gasteiger partial charge in [-0.05, 0) is 30.5 Å². The lowest BCUT2D eigenvalue weighted by Gasteiger charge is -2.31. The number of aromatic nitrogens is 5. The molecule has 2 aliphatic heterocycles. The molecule has 10 heteroatoms. The van der Waals surface area contributed by atoms with E-state index in [1.165, 1.54) is 5.56 Å². The standard InChI is InChI=1S/C27H29N5O4Si/c1-4-27(35)21-11-23-24-19(12-32(23)25(33)20(21)13-36-26(27)34)17(18-7-5-6-8-22(18)30-24)9-10-37(2,3)16-31-15-28-14-29-31/h5-8,11,14-15,35H,4,9-10,12-13,16H2,1-3H3/t27-/m0/s1. The molecule has 0 saturated heterocycles. The fourth-order valence-electron chi connectivity index (χ4n) is 5.69. The number of benzene rings is 1. The highest BCUT2D eigenvalue weighted by atomic mass is 28.3. The second-order valence-corrected chi connectivity index (χ2v) is 15.9. The SMILES string of the molecule is CC[C@@]1(O)C(=O)OCc2c1cc1n(c2=O)Cc2c-1nc1ccccc1c2CC[Si](C)(C)Cn1cncn1. The number of rotatable bonds is 6. The fraction of sp³-hybridized carbons (Fsp3) is 0.370. The molecule has 1 aromatic carbocycles. The van der Waals surface area contributed by atoms with E-state index in [4.69, 9.17) is 9.72 Å². The molecule has 37 heavy (non-hydrogen) atoms. The van der Waals surface area contributed by atoms with Gasteiger partial charge in [-0.3, -0.25) is 9.48 Å². The summed E-state index contributed by atoms with van der Waals surface area (Å²) in [6.07, 6.45) is 5.21. The molecule has 3 aromatic heterocycles. The number of pyridine rings is 2. The monoisotopic (exact) mass is 515 g/mol. The van der Waals surface area contributed by atoms with Gasteiger partial charge in [0.15, 0.2) is 5.60 Å². The van der Waals surface area contributed by atoms with E-state index in [0.29, 0.717) is 23.4 Å². The van der Waals surface area contributed by atoms with E-state index in [1.54, 1.807) is 30.2 Å². The van der Waals surface area contributed by atoms with Gasteiger partial charge in [0, 0.05) is 22.7 Å². The summed E-state index contributed by atoms with van der Waals surface area (Å²) in [5.41, 5.74) is 3.13. The number of hydrogen-bond acceptors (Lipinski definition) is 7. The summed E-state index contributed by atoms with van der Waals surface area (Å²) in [5.74, 6) is -0.711. The molecule has 1 N–H and O–H groups in total. The van der Waals surface area contributed by atoms with Gasteiger partial charge in [-0.25, -0.2) is 14.8 Å². The van der Waals surface area contributed by atoms with Crippen LogP contribution in [0.4, 0.5) is 0 Å². The first-order valence-corrected chi connectivity index (χ1v) is 16.0. The van der Waals surface area contributed by atoms with E-state index in [1.807, 2.05) is 22.9 Å². The largest absolute Gasteiger partial charge is 0.458 e. The van der Waals surface area contributed by atoms with Gasteiger partial charge >= 0.3 is 5.97 Å². The zero-order valence-electron chi connectivity index (χ0n) is 21.2. The van der Waals surface area contributed by atoms with Crippen LogP contribution in [0.5, 0.6) is 0 Å². The molecule has 0 fully saturated rings. The minimum Gasteiger partial charge on any atom is -0.458 e. The van der Waals surface area contributed by atoms with Crippen LogP contribution < -0.4 is 5.56 Å². The summed E-state index contributed by atoms with van der Waals surface area (Å²) in [5, 5.41) is 16.6. The molecule has 1 atom stereocenters. The van der Waals surface area contributed by atoms with Crippen LogP contribution >= 0.6 is 0 Å². The van der Waals surface area contributed by atoms with Gasteiger partial charge in [0.1, 0.15) is 19.3 Å². The Morgan fingerprint density at radius 3 is 2.76 bits per heavy atom. The Kier molecular flexibility index (Phi) is 5.43. The van der Waals surface area contributed by atoms with Crippen molar-refractivity contribution in [3.8, 4) is 11.4 Å². The number of carbonyl (C=O) groups is 1. The molecule has 0 saturated carbocycles. The number of carbonyl (C=O) groups excluding carboxylic acids is 1. The molecule has 2 aliphatic rings. The van der Waals surface area contributed by atoms with Crippen LogP contribution in [0.3, 0.4) is 0 Å². The average molecular weight is 516 g/mol. The van der Waals surface area contributed by atoms with E-state index >= 15 is 0 Å². The molecule has 0 radical (unpaired) electrons. The van der Waals surface area contributed by atoms with Crippen LogP contribution in [0.2, 0.25) is 19.1 Å². The van der Waals surface area contributed by atoms with E-state index in [0.717, 1.165) is 40.8 Å². The lowest BCUT2D eigenvalue weighted by molar-refractivity contribution is -0.172. The molecule has 190 valence electrons. The Morgan fingerprint density at radius 1 is 1.19 bits per heavy atom. The van der Waals surface area contributed by atoms with Gasteiger partial charge in [0.05, 0.1) is 37.1 Å². The highest BCUT2D eigenvalue weighted by Crippen LogP contribution is 2.40. The second-order valence-electron chi connectivity index (χ2n) is 10.8. The van der Waals surface area contributed by atoms with Gasteiger partial charge in [0.25, 0.3) is 5.56 Å². The number of hydrogen-bond donors (Lipinski definition) is 1. The number of fused-ring (bicyclic) bond motifs is 5. The lowest BCUT2D eigenvalue weighted by Crippen LogP contribution is -2.44. The zero-order chi connectivity index (χ0) is 25.9. The number of para-hydroxylation sites is 1. The summed E-state index contributed by atoms with van der Waals surface area (Å²) < 4.78 is 8.84. The highest BCUT2D eigenvalue weighted by Gasteiger charge is 2.45. The average Bonchev–Trinajstić information content (AvgIpc) is 3.52. The van der Waals surface area contributed by atoms with Crippen LogP contribution in [-0.2, 0) is 40.9 Å². The molecule has 4 aromatic rings. The number of aryl methyl sites for hydroxylation is 1. The fourth-order valence-corrected chi connectivity index (χ4v) is 7.82. The lowest BCUT2D eigenvalue weighted by atomic mass is 9.86. The molecular weight excluding hydrogens is 486 g/mol. The summed E-state index contributed by atoms with van der Waals surface area (Å²) in [6, 6.07) is 10.9. The van der Waals surface area contributed by atoms with Gasteiger partial charge < -0.3 is 14.4 Å². The number of ether oxygens (including phenoxy) is 1. The van der Waals surface area contributed by atoms with Crippen LogP contribution in [0.25, 0.3) is 22.3 Å². The number of aliphatic hydroxyl groups is 1. The topological polar surface area (TPSA) is 112 Å². The van der Waals surface area contributed by atoms with E-state index in [2.05, 4.69) is 29.2 Å². The van der Waals surface area contributed by atoms with Crippen LogP contribution in [0, 0.1) is 0 Å². The number of esters is 1. The van der Waals surface area contributed by atoms with Crippen molar-refractivity contribution in [2.75, 3.05) is 0 Å². The van der Waals surface area contributed by atoms with Crippen molar-refractivity contribution in [1.29, 1.82) is 0 Å². The summed E-state index contributed by atoms with van der Waals surface area (Å²) in [6.45, 7) is 6.70. The van der Waals surface area contributed by atoms with Crippen LogP contribution in [0.15, 0.2) is 47.8 Å². The maximum absolute atomic E-state index is 13.6. The summed E-state index contributed by atoms with van der Waals surface area (Å²) >= 11 is 0. The predicted octanol–water partition coefficient (Wildman–Crippen LogP) is 3.16. The molecule has 0 amide bonds. The molecule has 0 bridgehead atoms. The Balaban J connectivity index is 1.47. The molecule has 0 aliphatic carbocycles. The molecule has 9 nitrogen and oxygen atoms in total. The Bertz CT molecular complexity index is 1610. The number of cyclic esters (lactones) is 1. The maximum Gasteiger partial charge on any atom is 0.343 e. The predicted molar refractivity (Wildman–Crippen MR) is 141 cm³/mol. The maximum atomic E-state index is 13.6.